The van der Waals surface area contributed by atoms with Gasteiger partial charge in [0.25, 0.3) is 5.69 Å². The molecule has 1 aromatic rings. The van der Waals surface area contributed by atoms with E-state index in [0.29, 0.717) is 15.9 Å². The van der Waals surface area contributed by atoms with Gasteiger partial charge >= 0.3 is 0 Å². The quantitative estimate of drug-likeness (QED) is 0.666. The standard InChI is InChI=1S/C10H14BrN3O2S/c1-6(5-17-3)13-10-9(11)7(2)8(4-12-10)14(15)16/h4,6H,5H2,1-3H3,(H,12,13). The van der Waals surface area contributed by atoms with Crippen molar-refractivity contribution in [3.63, 3.8) is 0 Å². The molecule has 0 fully saturated rings. The van der Waals surface area contributed by atoms with Crippen molar-refractivity contribution in [1.82, 2.24) is 4.98 Å². The Morgan fingerprint density at radius 1 is 1.71 bits per heavy atom. The molecule has 1 atom stereocenters. The third-order valence-electron chi connectivity index (χ3n) is 2.23. The van der Waals surface area contributed by atoms with Gasteiger partial charge in [-0.3, -0.25) is 10.1 Å². The van der Waals surface area contributed by atoms with Crippen molar-refractivity contribution in [2.24, 2.45) is 0 Å². The summed E-state index contributed by atoms with van der Waals surface area (Å²) in [6.45, 7) is 3.75. The molecule has 1 unspecified atom stereocenters. The molecule has 1 rings (SSSR count). The van der Waals surface area contributed by atoms with E-state index in [2.05, 4.69) is 26.2 Å². The maximum absolute atomic E-state index is 10.7. The van der Waals surface area contributed by atoms with Gasteiger partial charge in [0, 0.05) is 17.4 Å². The van der Waals surface area contributed by atoms with Crippen LogP contribution in [0.3, 0.4) is 0 Å². The van der Waals surface area contributed by atoms with Crippen LogP contribution < -0.4 is 5.32 Å². The van der Waals surface area contributed by atoms with Gasteiger partial charge in [0.05, 0.1) is 9.40 Å². The Morgan fingerprint density at radius 2 is 2.35 bits per heavy atom. The number of pyridine rings is 1. The average molecular weight is 320 g/mol. The number of nitrogens with zero attached hydrogens (tertiary/aromatic N) is 2. The molecule has 0 spiro atoms. The number of nitrogens with one attached hydrogen (secondary N) is 1. The predicted octanol–water partition coefficient (Wildman–Crippen LogP) is 3.22. The van der Waals surface area contributed by atoms with Crippen LogP contribution in [0.1, 0.15) is 12.5 Å². The summed E-state index contributed by atoms with van der Waals surface area (Å²) in [6, 6.07) is 0.259. The smallest absolute Gasteiger partial charge is 0.291 e. The van der Waals surface area contributed by atoms with Gasteiger partial charge in [0.2, 0.25) is 0 Å². The lowest BCUT2D eigenvalue weighted by Crippen LogP contribution is -2.19. The van der Waals surface area contributed by atoms with Crippen molar-refractivity contribution in [3.8, 4) is 0 Å². The zero-order valence-corrected chi connectivity index (χ0v) is 12.3. The highest BCUT2D eigenvalue weighted by molar-refractivity contribution is 9.10. The van der Waals surface area contributed by atoms with Gasteiger partial charge in [-0.2, -0.15) is 11.8 Å². The Morgan fingerprint density at radius 3 is 2.88 bits per heavy atom. The van der Waals surface area contributed by atoms with Crippen molar-refractivity contribution in [2.75, 3.05) is 17.3 Å². The highest BCUT2D eigenvalue weighted by Crippen LogP contribution is 2.30. The second kappa shape index (κ2) is 6.20. The van der Waals surface area contributed by atoms with Crippen molar-refractivity contribution in [3.05, 3.63) is 26.3 Å². The van der Waals surface area contributed by atoms with Crippen LogP contribution >= 0.6 is 27.7 Å². The molecular formula is C10H14BrN3O2S. The zero-order chi connectivity index (χ0) is 13.0. The number of thioether (sulfide) groups is 1. The van der Waals surface area contributed by atoms with E-state index in [1.54, 1.807) is 18.7 Å². The summed E-state index contributed by atoms with van der Waals surface area (Å²) < 4.78 is 0.652. The third kappa shape index (κ3) is 3.57. The Bertz CT molecular complexity index is 428. The molecule has 5 nitrogen and oxygen atoms in total. The topological polar surface area (TPSA) is 68.1 Å². The van der Waals surface area contributed by atoms with Crippen LogP contribution in [0.2, 0.25) is 0 Å². The van der Waals surface area contributed by atoms with E-state index in [1.807, 2.05) is 13.2 Å². The highest BCUT2D eigenvalue weighted by atomic mass is 79.9. The number of anilines is 1. The van der Waals surface area contributed by atoms with E-state index in [-0.39, 0.29) is 11.7 Å². The summed E-state index contributed by atoms with van der Waals surface area (Å²) in [6.07, 6.45) is 3.32. The molecule has 17 heavy (non-hydrogen) atoms. The highest BCUT2D eigenvalue weighted by Gasteiger charge is 2.17. The first-order chi connectivity index (χ1) is 7.97. The van der Waals surface area contributed by atoms with Crippen LogP contribution in [-0.2, 0) is 0 Å². The first-order valence-electron chi connectivity index (χ1n) is 5.02. The first-order valence-corrected chi connectivity index (χ1v) is 7.21. The molecule has 0 amide bonds. The summed E-state index contributed by atoms with van der Waals surface area (Å²) in [5, 5.41) is 13.9. The molecule has 0 aromatic carbocycles. The second-order valence-electron chi connectivity index (χ2n) is 3.69. The van der Waals surface area contributed by atoms with Crippen molar-refractivity contribution in [1.29, 1.82) is 0 Å². The van der Waals surface area contributed by atoms with Crippen molar-refractivity contribution >= 4 is 39.2 Å². The van der Waals surface area contributed by atoms with E-state index in [1.165, 1.54) is 6.20 Å². The summed E-state index contributed by atoms with van der Waals surface area (Å²) in [5.41, 5.74) is 0.615. The lowest BCUT2D eigenvalue weighted by molar-refractivity contribution is -0.385. The Hall–Kier alpha value is -0.820. The van der Waals surface area contributed by atoms with E-state index < -0.39 is 4.92 Å². The maximum atomic E-state index is 10.7. The molecule has 0 aliphatic carbocycles. The van der Waals surface area contributed by atoms with Gasteiger partial charge in [0.15, 0.2) is 0 Å². The number of halogens is 1. The largest absolute Gasteiger partial charge is 0.366 e. The van der Waals surface area contributed by atoms with Crippen molar-refractivity contribution < 1.29 is 4.92 Å². The van der Waals surface area contributed by atoms with Gasteiger partial charge in [-0.05, 0) is 36.0 Å². The molecule has 1 heterocycles. The molecule has 0 aliphatic heterocycles. The Labute approximate surface area is 113 Å². The Balaban J connectivity index is 2.96. The third-order valence-corrected chi connectivity index (χ3v) is 4.04. The molecule has 7 heteroatoms. The van der Waals surface area contributed by atoms with Gasteiger partial charge in [0.1, 0.15) is 12.0 Å². The molecular weight excluding hydrogens is 306 g/mol. The number of aromatic nitrogens is 1. The first kappa shape index (κ1) is 14.2. The summed E-state index contributed by atoms with van der Waals surface area (Å²) in [5.74, 6) is 1.60. The number of rotatable bonds is 5. The van der Waals surface area contributed by atoms with Gasteiger partial charge in [-0.25, -0.2) is 4.98 Å². The lowest BCUT2D eigenvalue weighted by Gasteiger charge is -2.15. The fourth-order valence-electron chi connectivity index (χ4n) is 1.38. The number of hydrogen-bond donors (Lipinski definition) is 1. The molecule has 94 valence electrons. The summed E-state index contributed by atoms with van der Waals surface area (Å²) >= 11 is 5.08. The molecule has 0 bridgehead atoms. The molecule has 1 aromatic heterocycles. The fourth-order valence-corrected chi connectivity index (χ4v) is 2.38. The molecule has 0 aliphatic rings. The number of hydrogen-bond acceptors (Lipinski definition) is 5. The second-order valence-corrected chi connectivity index (χ2v) is 5.39. The van der Waals surface area contributed by atoms with E-state index in [9.17, 15) is 10.1 Å². The molecule has 1 N–H and O–H groups in total. The minimum Gasteiger partial charge on any atom is -0.366 e. The average Bonchev–Trinajstić information content (AvgIpc) is 2.25. The van der Waals surface area contributed by atoms with Crippen molar-refractivity contribution in [2.45, 2.75) is 19.9 Å². The number of nitro groups is 1. The Kier molecular flexibility index (Phi) is 5.20. The minimum absolute atomic E-state index is 0.0277. The molecule has 0 saturated heterocycles. The van der Waals surface area contributed by atoms with Gasteiger partial charge < -0.3 is 5.32 Å². The lowest BCUT2D eigenvalue weighted by atomic mass is 10.2. The van der Waals surface area contributed by atoms with Crippen LogP contribution in [0.5, 0.6) is 0 Å². The van der Waals surface area contributed by atoms with E-state index >= 15 is 0 Å². The normalized spacial score (nSPS) is 12.2. The predicted molar refractivity (Wildman–Crippen MR) is 74.8 cm³/mol. The molecule has 0 saturated carbocycles. The van der Waals surface area contributed by atoms with E-state index in [4.69, 9.17) is 0 Å². The SMILES string of the molecule is CSCC(C)Nc1ncc([N+](=O)[O-])c(C)c1Br. The van der Waals surface area contributed by atoms with E-state index in [0.717, 1.165) is 5.75 Å². The van der Waals surface area contributed by atoms with Crippen LogP contribution in [-0.4, -0.2) is 28.0 Å². The van der Waals surface area contributed by atoms with Crippen LogP contribution in [0, 0.1) is 17.0 Å². The van der Waals surface area contributed by atoms with Gasteiger partial charge in [-0.1, -0.05) is 0 Å². The zero-order valence-electron chi connectivity index (χ0n) is 9.86. The summed E-state index contributed by atoms with van der Waals surface area (Å²) in [4.78, 5) is 14.4. The van der Waals surface area contributed by atoms with Crippen LogP contribution in [0.15, 0.2) is 10.7 Å². The fraction of sp³-hybridized carbons (Fsp3) is 0.500. The molecule has 0 radical (unpaired) electrons. The maximum Gasteiger partial charge on any atom is 0.291 e. The van der Waals surface area contributed by atoms with Gasteiger partial charge in [-0.15, -0.1) is 0 Å². The summed E-state index contributed by atoms with van der Waals surface area (Å²) in [7, 11) is 0. The minimum atomic E-state index is -0.428. The van der Waals surface area contributed by atoms with Crippen LogP contribution in [0.25, 0.3) is 0 Å². The van der Waals surface area contributed by atoms with Crippen LogP contribution in [0.4, 0.5) is 11.5 Å². The monoisotopic (exact) mass is 319 g/mol.